The number of ether oxygens (including phenoxy) is 6. The molecule has 10 rings (SSSR count). The van der Waals surface area contributed by atoms with Crippen LogP contribution in [0.1, 0.15) is 122 Å². The Bertz CT molecular complexity index is 5170. The number of aromatic nitrogens is 16. The number of nitrogen functional groups attached to an aromatic ring is 1. The van der Waals surface area contributed by atoms with Gasteiger partial charge >= 0.3 is 17.9 Å². The Morgan fingerprint density at radius 3 is 1.28 bits per heavy atom. The lowest BCUT2D eigenvalue weighted by Gasteiger charge is -2.16. The highest BCUT2D eigenvalue weighted by atomic mass is 35.5. The Hall–Kier alpha value is -14.0. The predicted molar refractivity (Wildman–Crippen MR) is 432 cm³/mol. The van der Waals surface area contributed by atoms with E-state index >= 15 is 0 Å². The molecule has 0 aliphatic rings. The molecule has 116 heavy (non-hydrogen) atoms. The first-order valence-corrected chi connectivity index (χ1v) is 35.5. The number of amides is 3. The van der Waals surface area contributed by atoms with Crippen LogP contribution in [0.15, 0.2) is 102 Å². The third-order valence-corrected chi connectivity index (χ3v) is 15.3. The Morgan fingerprint density at radius 2 is 0.897 bits per heavy atom. The van der Waals surface area contributed by atoms with Crippen molar-refractivity contribution in [3.05, 3.63) is 164 Å². The van der Waals surface area contributed by atoms with E-state index in [-0.39, 0.29) is 65.5 Å². The van der Waals surface area contributed by atoms with Crippen LogP contribution in [-0.2, 0) is 42.1 Å². The van der Waals surface area contributed by atoms with Crippen molar-refractivity contribution in [2.75, 3.05) is 76.2 Å². The van der Waals surface area contributed by atoms with Crippen LogP contribution in [0, 0.1) is 56.3 Å². The number of nitrogens with zero attached hydrogens (tertiary/aromatic N) is 19. The fourth-order valence-corrected chi connectivity index (χ4v) is 9.79. The van der Waals surface area contributed by atoms with E-state index in [1.54, 1.807) is 148 Å². The van der Waals surface area contributed by atoms with Crippen LogP contribution in [0.3, 0.4) is 0 Å². The molecule has 610 valence electrons. The fraction of sp³-hybridized carbons (Fsp3) is 0.333. The summed E-state index contributed by atoms with van der Waals surface area (Å²) in [6.45, 7) is 22.8. The van der Waals surface area contributed by atoms with E-state index in [1.165, 1.54) is 64.0 Å². The lowest BCUT2D eigenvalue weighted by molar-refractivity contribution is -0.158. The summed E-state index contributed by atoms with van der Waals surface area (Å²) in [5.74, 6) is 4.38. The van der Waals surface area contributed by atoms with E-state index in [9.17, 15) is 28.8 Å². The normalized spacial score (nSPS) is 10.6. The van der Waals surface area contributed by atoms with Gasteiger partial charge in [0.2, 0.25) is 0 Å². The summed E-state index contributed by atoms with van der Waals surface area (Å²) in [7, 11) is 9.05. The van der Waals surface area contributed by atoms with Gasteiger partial charge in [-0.2, -0.15) is 0 Å². The van der Waals surface area contributed by atoms with Gasteiger partial charge in [-0.25, -0.2) is 29.3 Å². The molecule has 0 aliphatic carbocycles. The average molecular weight is 1630 g/mol. The minimum Gasteiger partial charge on any atom is -0.494 e. The van der Waals surface area contributed by atoms with Gasteiger partial charge in [0.25, 0.3) is 17.7 Å². The van der Waals surface area contributed by atoms with Crippen molar-refractivity contribution >= 4 is 110 Å². The number of anilines is 9. The van der Waals surface area contributed by atoms with E-state index in [1.807, 2.05) is 26.8 Å². The van der Waals surface area contributed by atoms with E-state index in [2.05, 4.69) is 129 Å². The Morgan fingerprint density at radius 1 is 0.500 bits per heavy atom. The number of terminal acetylenes is 1. The van der Waals surface area contributed by atoms with Gasteiger partial charge < -0.3 is 71.4 Å². The molecule has 0 saturated heterocycles. The topological polar surface area (TPSA) is 507 Å². The summed E-state index contributed by atoms with van der Waals surface area (Å²) in [6, 6.07) is 24.2. The molecule has 0 saturated carbocycles. The Balaban J connectivity index is 0.000000248. The lowest BCUT2D eigenvalue weighted by atomic mass is 9.97. The number of benzene rings is 3. The molecule has 0 fully saturated rings. The SMILES string of the molecule is C#Cc1cccc(Nc2cc(Cl)nnc2C(=O)NC)c1OC.CC(C)(C)C(=O)OCN=[N+]=[N-].CNC(=O)c1nnc(Cl)cc1Nc1cccc(-c2cn(COC(=O)C(C)(C)C)nn2)c1OC.CNC(=O)c1nnc(Nc2cc(C)nc(C)n2)cc1Nc1cccc(-c2cn(COC(=O)C(C)(C)C)nn2)c1OC.Cc1cc(N)nc(C)n1. The fourth-order valence-electron chi connectivity index (χ4n) is 9.49. The van der Waals surface area contributed by atoms with Crippen LogP contribution in [-0.4, -0.2) is 165 Å². The standard InChI is InChI=1S/C27H32N10O4.C21H24ClN7O4.C15H13ClN4O2.C6H11N3O2.C6H9N3/c1-15-11-21(30-16(2)29-15)32-22-12-19(23(35-34-22)25(38)28-6)31-18-10-8-9-17(24(18)40-7)20-13-37(36-33-20)14-41-26(39)27(3,4)5;1-21(2,3)20(31)33-11-29-10-15(25-28-29)12-7-6-8-13(18(12)32-5)24-14-9-16(22)26-27-17(14)19(30)23-4;1-4-9-6-5-7-10(14(9)22-3)18-11-8-12(16)19-20-13(11)15(21)17-2;1-6(2,3)5(10)11-4-8-9-7;1-4-3-6(7)9-5(2)8-4/h8-13H,14H2,1-7H3,(H,28,38)(H2,29,30,31,32,34);6-10H,11H2,1-5H3,(H,23,30)(H,24,26);1,5-8H,2-3H3,(H,17,21)(H,18,19);4H2,1-3H3;3H,1-2H3,(H2,7,8,9). The van der Waals surface area contributed by atoms with Gasteiger partial charge in [0.05, 0.1) is 89.7 Å². The van der Waals surface area contributed by atoms with Crippen LogP contribution >= 0.6 is 23.2 Å². The lowest BCUT2D eigenvalue weighted by Crippen LogP contribution is -2.24. The summed E-state index contributed by atoms with van der Waals surface area (Å²) in [6.07, 6.45) is 8.73. The highest BCUT2D eigenvalue weighted by Gasteiger charge is 2.27. The molecule has 0 bridgehead atoms. The average Bonchev–Trinajstić information content (AvgIpc) is 1.42. The van der Waals surface area contributed by atoms with Crippen LogP contribution in [0.25, 0.3) is 33.0 Å². The number of methoxy groups -OCH3 is 3. The van der Waals surface area contributed by atoms with Gasteiger partial charge in [-0.05, 0) is 132 Å². The van der Waals surface area contributed by atoms with E-state index in [0.717, 1.165) is 17.2 Å². The van der Waals surface area contributed by atoms with E-state index in [0.29, 0.717) is 103 Å². The largest absolute Gasteiger partial charge is 0.494 e. The van der Waals surface area contributed by atoms with Crippen molar-refractivity contribution in [2.24, 2.45) is 21.4 Å². The number of rotatable bonds is 22. The molecule has 0 unspecified atom stereocenters. The molecule has 0 radical (unpaired) electrons. The third-order valence-electron chi connectivity index (χ3n) is 14.9. The number of carbonyl (C=O) groups is 6. The van der Waals surface area contributed by atoms with Crippen molar-refractivity contribution in [1.29, 1.82) is 0 Å². The number of nitrogens with two attached hydrogens (primary N) is 1. The van der Waals surface area contributed by atoms with Crippen molar-refractivity contribution < 1.29 is 57.2 Å². The minimum absolute atomic E-state index is 0.0694. The first-order valence-electron chi connectivity index (χ1n) is 34.8. The van der Waals surface area contributed by atoms with Crippen LogP contribution in [0.4, 0.5) is 51.6 Å². The van der Waals surface area contributed by atoms with Gasteiger partial charge in [0.1, 0.15) is 34.7 Å². The summed E-state index contributed by atoms with van der Waals surface area (Å²) < 4.78 is 34.7. The highest BCUT2D eigenvalue weighted by Crippen LogP contribution is 2.40. The number of hydrogen-bond acceptors (Lipinski definition) is 32. The summed E-state index contributed by atoms with van der Waals surface area (Å²) in [4.78, 5) is 90.7. The van der Waals surface area contributed by atoms with E-state index < -0.39 is 34.0 Å². The maximum Gasteiger partial charge on any atom is 0.313 e. The van der Waals surface area contributed by atoms with Crippen molar-refractivity contribution in [3.8, 4) is 52.1 Å². The zero-order valence-corrected chi connectivity index (χ0v) is 68.7. The molecule has 9 N–H and O–H groups in total. The third kappa shape index (κ3) is 26.6. The number of azide groups is 1. The minimum atomic E-state index is -0.635. The van der Waals surface area contributed by atoms with Crippen molar-refractivity contribution in [3.63, 3.8) is 0 Å². The number of hydrogen-bond donors (Lipinski definition) is 8. The molecule has 0 aliphatic heterocycles. The molecule has 10 aromatic rings. The number of para-hydroxylation sites is 3. The summed E-state index contributed by atoms with van der Waals surface area (Å²) in [5.41, 5.74) is 19.1. The second-order valence-corrected chi connectivity index (χ2v) is 28.0. The Kier molecular flexibility index (Phi) is 32.9. The molecular weight excluding hydrogens is 1540 g/mol. The van der Waals surface area contributed by atoms with Gasteiger partial charge in [-0.3, -0.25) is 28.8 Å². The second kappa shape index (κ2) is 42.0. The molecule has 39 nitrogen and oxygen atoms in total. The van der Waals surface area contributed by atoms with Crippen LogP contribution < -0.4 is 57.2 Å². The summed E-state index contributed by atoms with van der Waals surface area (Å²) >= 11 is 11.8. The quantitative estimate of drug-likeness (QED) is 0.00780. The zero-order chi connectivity index (χ0) is 85.8. The predicted octanol–water partition coefficient (Wildman–Crippen LogP) is 11.3. The van der Waals surface area contributed by atoms with Crippen molar-refractivity contribution in [2.45, 2.75) is 103 Å². The smallest absolute Gasteiger partial charge is 0.313 e. The molecule has 0 spiro atoms. The first kappa shape index (κ1) is 90.9. The van der Waals surface area contributed by atoms with Gasteiger partial charge in [-0.15, -0.1) is 47.2 Å². The van der Waals surface area contributed by atoms with E-state index in [4.69, 9.17) is 64.6 Å². The molecule has 41 heteroatoms. The Labute approximate surface area is 677 Å². The molecular formula is C75H89Cl2N27O12. The first-order chi connectivity index (χ1) is 54.9. The molecule has 0 atom stereocenters. The van der Waals surface area contributed by atoms with Crippen LogP contribution in [0.5, 0.6) is 17.2 Å². The summed E-state index contributed by atoms with van der Waals surface area (Å²) in [5, 5.41) is 63.3. The molecule has 7 heterocycles. The molecule has 3 aromatic carbocycles. The molecule has 7 aromatic heterocycles. The second-order valence-electron chi connectivity index (χ2n) is 27.3. The van der Waals surface area contributed by atoms with Crippen molar-refractivity contribution in [1.82, 2.24) is 96.5 Å². The zero-order valence-electron chi connectivity index (χ0n) is 67.2. The monoisotopic (exact) mass is 1630 g/mol. The molecule has 3 amide bonds. The van der Waals surface area contributed by atoms with Gasteiger partial charge in [-0.1, -0.05) is 62.9 Å². The number of nitrogens with one attached hydrogen (secondary N) is 7. The maximum absolute atomic E-state index is 12.6. The maximum atomic E-state index is 12.6. The van der Waals surface area contributed by atoms with Gasteiger partial charge in [0.15, 0.2) is 70.6 Å². The number of esters is 3. The highest BCUT2D eigenvalue weighted by molar-refractivity contribution is 6.30. The van der Waals surface area contributed by atoms with Crippen LogP contribution in [0.2, 0.25) is 10.3 Å². The number of aryl methyl sites for hydroxylation is 4. The number of halogens is 2. The van der Waals surface area contributed by atoms with Gasteiger partial charge in [0, 0.05) is 78.9 Å². The number of carbonyl (C=O) groups excluding carboxylic acids is 6.